The van der Waals surface area contributed by atoms with Crippen molar-refractivity contribution < 1.29 is 25.6 Å². The summed E-state index contributed by atoms with van der Waals surface area (Å²) in [7, 11) is -7.98. The number of nitrogens with two attached hydrogens (primary N) is 1. The van der Waals surface area contributed by atoms with E-state index in [9.17, 15) is 25.6 Å². The number of hydrogen-bond donors (Lipinski definition) is 2. The second-order valence-corrected chi connectivity index (χ2v) is 8.89. The van der Waals surface area contributed by atoms with Gasteiger partial charge in [-0.15, -0.1) is 0 Å². The van der Waals surface area contributed by atoms with E-state index < -0.39 is 42.1 Å². The molecule has 2 aromatic carbocycles. The number of halogens is 2. The van der Waals surface area contributed by atoms with Gasteiger partial charge in [0.05, 0.1) is 11.9 Å². The first-order valence-electron chi connectivity index (χ1n) is 6.46. The first-order valence-corrected chi connectivity index (χ1v) is 10.2. The molecular formula is C14H14F2LiN2O4S2. The number of sulfonamides is 1. The molecule has 0 bridgehead atoms. The first kappa shape index (κ1) is 21.4. The summed E-state index contributed by atoms with van der Waals surface area (Å²) in [6.07, 6.45) is 1.52. The molecule has 0 aliphatic heterocycles. The van der Waals surface area contributed by atoms with E-state index in [1.807, 2.05) is 4.72 Å². The number of sulfone groups is 1. The predicted molar refractivity (Wildman–Crippen MR) is 93.5 cm³/mol. The minimum absolute atomic E-state index is 0. The monoisotopic (exact) mass is 383 g/mol. The van der Waals surface area contributed by atoms with Gasteiger partial charge in [0.2, 0.25) is 10.0 Å². The van der Waals surface area contributed by atoms with Crippen LogP contribution in [0, 0.1) is 11.6 Å². The van der Waals surface area contributed by atoms with Crippen molar-refractivity contribution in [2.45, 2.75) is 4.90 Å². The maximum absolute atomic E-state index is 14.8. The fourth-order valence-electron chi connectivity index (χ4n) is 2.16. The van der Waals surface area contributed by atoms with Crippen LogP contribution in [0.2, 0.25) is 0 Å². The summed E-state index contributed by atoms with van der Waals surface area (Å²) in [6, 6.07) is 5.66. The molecule has 25 heavy (non-hydrogen) atoms. The van der Waals surface area contributed by atoms with Gasteiger partial charge in [0, 0.05) is 41.9 Å². The van der Waals surface area contributed by atoms with Gasteiger partial charge < -0.3 is 5.73 Å². The van der Waals surface area contributed by atoms with Gasteiger partial charge in [-0.1, -0.05) is 0 Å². The van der Waals surface area contributed by atoms with Crippen LogP contribution in [-0.4, -0.2) is 48.2 Å². The molecule has 0 saturated heterocycles. The van der Waals surface area contributed by atoms with Crippen LogP contribution in [-0.2, 0) is 19.9 Å². The van der Waals surface area contributed by atoms with Gasteiger partial charge in [0.1, 0.15) is 10.7 Å². The van der Waals surface area contributed by atoms with Crippen molar-refractivity contribution in [3.8, 4) is 11.1 Å². The Hall–Kier alpha value is -1.60. The van der Waals surface area contributed by atoms with Crippen molar-refractivity contribution in [1.29, 1.82) is 0 Å². The zero-order valence-corrected chi connectivity index (χ0v) is 15.3. The van der Waals surface area contributed by atoms with Gasteiger partial charge in [0.25, 0.3) is 0 Å². The molecule has 0 aromatic heterocycles. The third-order valence-electron chi connectivity index (χ3n) is 3.05. The van der Waals surface area contributed by atoms with Crippen molar-refractivity contribution in [3.05, 3.63) is 42.0 Å². The van der Waals surface area contributed by atoms with E-state index in [1.165, 1.54) is 12.1 Å². The Morgan fingerprint density at radius 2 is 1.52 bits per heavy atom. The van der Waals surface area contributed by atoms with Gasteiger partial charge in [-0.05, 0) is 30.3 Å². The summed E-state index contributed by atoms with van der Waals surface area (Å²) in [5.74, 6) is -2.09. The van der Waals surface area contributed by atoms with Crippen LogP contribution < -0.4 is 10.5 Å². The van der Waals surface area contributed by atoms with Gasteiger partial charge in [-0.3, -0.25) is 4.72 Å². The number of nitrogen functional groups attached to an aromatic ring is 1. The Labute approximate surface area is 156 Å². The normalized spacial score (nSPS) is 11.7. The van der Waals surface area contributed by atoms with E-state index in [0.717, 1.165) is 30.7 Å². The number of hydrogen-bond acceptors (Lipinski definition) is 5. The van der Waals surface area contributed by atoms with Gasteiger partial charge in [-0.2, -0.15) is 0 Å². The second kappa shape index (κ2) is 7.33. The fourth-order valence-corrected chi connectivity index (χ4v) is 3.74. The van der Waals surface area contributed by atoms with E-state index in [2.05, 4.69) is 0 Å². The van der Waals surface area contributed by atoms with Crippen LogP contribution in [0.1, 0.15) is 0 Å². The third-order valence-corrected chi connectivity index (χ3v) is 4.78. The molecule has 0 aliphatic carbocycles. The summed E-state index contributed by atoms with van der Waals surface area (Å²) in [6.45, 7) is 0. The fraction of sp³-hybridized carbons (Fsp3) is 0.143. The summed E-state index contributed by atoms with van der Waals surface area (Å²) >= 11 is 0. The molecule has 0 spiro atoms. The van der Waals surface area contributed by atoms with Gasteiger partial charge in [0.15, 0.2) is 15.7 Å². The second-order valence-electron chi connectivity index (χ2n) is 5.19. The topological polar surface area (TPSA) is 106 Å². The zero-order chi connectivity index (χ0) is 18.3. The molecule has 11 heteroatoms. The van der Waals surface area contributed by atoms with Crippen LogP contribution in [0.25, 0.3) is 11.1 Å². The summed E-state index contributed by atoms with van der Waals surface area (Å²) < 4.78 is 77.2. The Morgan fingerprint density at radius 3 is 2.00 bits per heavy atom. The van der Waals surface area contributed by atoms with Crippen molar-refractivity contribution in [3.63, 3.8) is 0 Å². The molecular weight excluding hydrogens is 369 g/mol. The van der Waals surface area contributed by atoms with E-state index in [-0.39, 0.29) is 35.7 Å². The molecule has 0 fully saturated rings. The average Bonchev–Trinajstić information content (AvgIpc) is 2.36. The van der Waals surface area contributed by atoms with Crippen molar-refractivity contribution in [1.82, 2.24) is 0 Å². The number of rotatable bonds is 4. The molecule has 0 aliphatic rings. The van der Waals surface area contributed by atoms with Crippen LogP contribution in [0.5, 0.6) is 0 Å². The van der Waals surface area contributed by atoms with E-state index >= 15 is 0 Å². The van der Waals surface area contributed by atoms with Gasteiger partial charge in [-0.25, -0.2) is 25.6 Å². The molecule has 131 valence electrons. The van der Waals surface area contributed by atoms with Crippen molar-refractivity contribution in [2.24, 2.45) is 0 Å². The molecule has 2 rings (SSSR count). The molecule has 3 N–H and O–H groups in total. The maximum atomic E-state index is 14.8. The van der Waals surface area contributed by atoms with Crippen LogP contribution in [0.4, 0.5) is 20.2 Å². The smallest absolute Gasteiger partial charge is 0.229 e. The molecule has 0 amide bonds. The molecule has 1 radical (unpaired) electrons. The Bertz CT molecular complexity index is 1030. The molecule has 6 nitrogen and oxygen atoms in total. The number of benzene rings is 2. The van der Waals surface area contributed by atoms with Crippen LogP contribution in [0.15, 0.2) is 35.2 Å². The van der Waals surface area contributed by atoms with Crippen LogP contribution >= 0.6 is 0 Å². The summed E-state index contributed by atoms with van der Waals surface area (Å²) in [5, 5.41) is 0. The number of anilines is 2. The minimum atomic E-state index is -4.14. The Morgan fingerprint density at radius 1 is 0.960 bits per heavy atom. The third kappa shape index (κ3) is 4.95. The number of nitrogens with one attached hydrogen (secondary N) is 1. The van der Waals surface area contributed by atoms with E-state index in [1.54, 1.807) is 0 Å². The van der Waals surface area contributed by atoms with Crippen molar-refractivity contribution in [2.75, 3.05) is 23.0 Å². The molecule has 0 heterocycles. The predicted octanol–water partition coefficient (Wildman–Crippen LogP) is 1.61. The van der Waals surface area contributed by atoms with E-state index in [4.69, 9.17) is 5.73 Å². The van der Waals surface area contributed by atoms with Crippen LogP contribution in [0.3, 0.4) is 0 Å². The quantitative estimate of drug-likeness (QED) is 0.616. The summed E-state index contributed by atoms with van der Waals surface area (Å²) in [5.41, 5.74) is 4.58. The molecule has 0 atom stereocenters. The Kier molecular flexibility index (Phi) is 6.29. The standard InChI is InChI=1S/C14H14F2N2O4S2.Li/c1-23(19,20)14-12(18-24(2,21)22)6-5-10(13(14)16)9-4-3-8(17)7-11(9)15;/h3-7,18H,17H2,1-2H3;. The minimum Gasteiger partial charge on any atom is -0.399 e. The largest absolute Gasteiger partial charge is 0.399 e. The first-order chi connectivity index (χ1) is 10.9. The van der Waals surface area contributed by atoms with Crippen molar-refractivity contribution >= 4 is 50.1 Å². The Balaban J connectivity index is 0.00000312. The maximum Gasteiger partial charge on any atom is 0.229 e. The molecule has 0 unspecified atom stereocenters. The molecule has 0 saturated carbocycles. The molecule has 2 aromatic rings. The summed E-state index contributed by atoms with van der Waals surface area (Å²) in [4.78, 5) is -0.860. The van der Waals surface area contributed by atoms with Gasteiger partial charge >= 0.3 is 0 Å². The average molecular weight is 383 g/mol. The van der Waals surface area contributed by atoms with E-state index in [0.29, 0.717) is 0 Å². The SMILES string of the molecule is CS(=O)(=O)Nc1ccc(-c2ccc(N)cc2F)c(F)c1S(C)(=O)=O.[Li]. The zero-order valence-electron chi connectivity index (χ0n) is 13.7.